The van der Waals surface area contributed by atoms with Crippen molar-refractivity contribution < 1.29 is 19.5 Å². The first kappa shape index (κ1) is 18.6. The normalized spacial score (nSPS) is 48.3. The van der Waals surface area contributed by atoms with Gasteiger partial charge < -0.3 is 5.11 Å². The molecule has 27 heavy (non-hydrogen) atoms. The number of carbonyl (C=O) groups excluding carboxylic acids is 2. The zero-order valence-corrected chi connectivity index (χ0v) is 16.7. The minimum atomic E-state index is -1.28. The van der Waals surface area contributed by atoms with Gasteiger partial charge in [-0.1, -0.05) is 39.3 Å². The standard InChI is InChI=1S/C23H30O4/c1-12-9-15-16(22(3)7-5-14(24)11-17(12)22)6-8-23(4)18(15)10-13(2)19(23)20(25)21(26)27/h5,7,11-13,15-16,18-19H,6,8-10H2,1-4H3,(H,26,27)/t12?,13?,15-,16+,18+,19-,22-,23+/m1/s1. The van der Waals surface area contributed by atoms with E-state index >= 15 is 0 Å². The molecule has 0 bridgehead atoms. The molecule has 0 aromatic carbocycles. The number of hydrogen-bond donors (Lipinski definition) is 1. The highest BCUT2D eigenvalue weighted by molar-refractivity contribution is 6.33. The van der Waals surface area contributed by atoms with Crippen LogP contribution in [0.3, 0.4) is 0 Å². The number of carbonyl (C=O) groups is 3. The molecule has 2 unspecified atom stereocenters. The average Bonchev–Trinajstić information content (AvgIpc) is 2.86. The van der Waals surface area contributed by atoms with Gasteiger partial charge in [0.1, 0.15) is 0 Å². The first-order chi connectivity index (χ1) is 12.6. The summed E-state index contributed by atoms with van der Waals surface area (Å²) in [6.45, 7) is 8.72. The van der Waals surface area contributed by atoms with E-state index in [1.165, 1.54) is 5.57 Å². The Morgan fingerprint density at radius 1 is 1.15 bits per heavy atom. The Morgan fingerprint density at radius 2 is 1.85 bits per heavy atom. The molecule has 0 heterocycles. The van der Waals surface area contributed by atoms with E-state index in [0.717, 1.165) is 25.7 Å². The van der Waals surface area contributed by atoms with Crippen LogP contribution in [-0.2, 0) is 14.4 Å². The lowest BCUT2D eigenvalue weighted by Crippen LogP contribution is -2.52. The summed E-state index contributed by atoms with van der Waals surface area (Å²) in [5, 5.41) is 9.36. The van der Waals surface area contributed by atoms with Crippen molar-refractivity contribution in [1.82, 2.24) is 0 Å². The van der Waals surface area contributed by atoms with E-state index < -0.39 is 11.8 Å². The highest BCUT2D eigenvalue weighted by Crippen LogP contribution is 2.67. The molecule has 0 saturated heterocycles. The van der Waals surface area contributed by atoms with Crippen LogP contribution in [0, 0.1) is 46.3 Å². The number of rotatable bonds is 2. The zero-order valence-electron chi connectivity index (χ0n) is 16.7. The maximum atomic E-state index is 12.5. The second kappa shape index (κ2) is 5.89. The van der Waals surface area contributed by atoms with Crippen molar-refractivity contribution in [1.29, 1.82) is 0 Å². The van der Waals surface area contributed by atoms with E-state index in [1.807, 2.05) is 6.08 Å². The second-order valence-electron chi connectivity index (χ2n) is 10.0. The number of carboxylic acid groups (broad SMARTS) is 1. The molecule has 146 valence electrons. The molecule has 4 rings (SSSR count). The van der Waals surface area contributed by atoms with Crippen LogP contribution in [0.15, 0.2) is 23.8 Å². The van der Waals surface area contributed by atoms with Crippen LogP contribution in [-0.4, -0.2) is 22.6 Å². The summed E-state index contributed by atoms with van der Waals surface area (Å²) in [6, 6.07) is 0. The highest BCUT2D eigenvalue weighted by atomic mass is 16.4. The smallest absolute Gasteiger partial charge is 0.372 e. The predicted molar refractivity (Wildman–Crippen MR) is 102 cm³/mol. The number of carboxylic acids is 1. The van der Waals surface area contributed by atoms with Gasteiger partial charge in [0.2, 0.25) is 5.78 Å². The van der Waals surface area contributed by atoms with Crippen LogP contribution in [0.2, 0.25) is 0 Å². The molecule has 0 radical (unpaired) electrons. The molecule has 0 aromatic heterocycles. The third-order valence-electron chi connectivity index (χ3n) is 8.71. The molecule has 4 nitrogen and oxygen atoms in total. The van der Waals surface area contributed by atoms with Crippen LogP contribution in [0.25, 0.3) is 0 Å². The number of hydrogen-bond acceptors (Lipinski definition) is 3. The largest absolute Gasteiger partial charge is 0.475 e. The molecule has 1 N–H and O–H groups in total. The molecular weight excluding hydrogens is 340 g/mol. The molecule has 8 atom stereocenters. The number of aliphatic carboxylic acids is 1. The quantitative estimate of drug-likeness (QED) is 0.744. The fourth-order valence-corrected chi connectivity index (χ4v) is 7.67. The van der Waals surface area contributed by atoms with E-state index in [-0.39, 0.29) is 28.4 Å². The van der Waals surface area contributed by atoms with Gasteiger partial charge in [-0.05, 0) is 72.8 Å². The van der Waals surface area contributed by atoms with Crippen molar-refractivity contribution in [3.63, 3.8) is 0 Å². The van der Waals surface area contributed by atoms with Crippen LogP contribution >= 0.6 is 0 Å². The highest BCUT2D eigenvalue weighted by Gasteiger charge is 2.63. The number of Topliss-reactive ketones (excluding diaryl/α,β-unsaturated/α-hetero) is 1. The maximum Gasteiger partial charge on any atom is 0.372 e. The maximum absolute atomic E-state index is 12.5. The van der Waals surface area contributed by atoms with E-state index in [4.69, 9.17) is 0 Å². The Labute approximate surface area is 161 Å². The second-order valence-corrected chi connectivity index (χ2v) is 10.0. The predicted octanol–water partition coefficient (Wildman–Crippen LogP) is 4.06. The fraction of sp³-hybridized carbons (Fsp3) is 0.696. The van der Waals surface area contributed by atoms with Gasteiger partial charge in [0.05, 0.1) is 0 Å². The summed E-state index contributed by atoms with van der Waals surface area (Å²) in [5.74, 6) is -0.363. The van der Waals surface area contributed by atoms with Gasteiger partial charge in [-0.2, -0.15) is 0 Å². The van der Waals surface area contributed by atoms with Crippen molar-refractivity contribution >= 4 is 17.5 Å². The SMILES string of the molecule is CC1C[C@H]2[C@@H]3CC(C)[C@H](C(=O)C(=O)O)[C@@]3(C)CC[C@@H]2[C@@]2(C)C=CC(=O)C=C12. The first-order valence-corrected chi connectivity index (χ1v) is 10.3. The lowest BCUT2D eigenvalue weighted by atomic mass is 9.46. The van der Waals surface area contributed by atoms with Crippen LogP contribution < -0.4 is 0 Å². The first-order valence-electron chi connectivity index (χ1n) is 10.3. The topological polar surface area (TPSA) is 71.4 Å². The van der Waals surface area contributed by atoms with E-state index in [2.05, 4.69) is 33.8 Å². The Morgan fingerprint density at radius 3 is 2.52 bits per heavy atom. The monoisotopic (exact) mass is 370 g/mol. The van der Waals surface area contributed by atoms with Gasteiger partial charge in [0.15, 0.2) is 5.78 Å². The Balaban J connectivity index is 1.72. The van der Waals surface area contributed by atoms with Crippen molar-refractivity contribution in [2.75, 3.05) is 0 Å². The van der Waals surface area contributed by atoms with Gasteiger partial charge >= 0.3 is 5.97 Å². The molecule has 4 aliphatic rings. The molecular formula is C23H30O4. The molecule has 0 aromatic rings. The number of ketones is 2. The Hall–Kier alpha value is -1.71. The molecule has 4 heteroatoms. The minimum absolute atomic E-state index is 0.0876. The summed E-state index contributed by atoms with van der Waals surface area (Å²) in [5.41, 5.74) is 0.959. The van der Waals surface area contributed by atoms with Crippen LogP contribution in [0.5, 0.6) is 0 Å². The molecule has 0 spiro atoms. The van der Waals surface area contributed by atoms with E-state index in [1.54, 1.807) is 6.08 Å². The lowest BCUT2D eigenvalue weighted by Gasteiger charge is -2.58. The number of fused-ring (bicyclic) bond motifs is 5. The van der Waals surface area contributed by atoms with Gasteiger partial charge in [-0.25, -0.2) is 4.79 Å². The van der Waals surface area contributed by atoms with Gasteiger partial charge in [0, 0.05) is 11.3 Å². The van der Waals surface area contributed by atoms with Crippen molar-refractivity contribution in [3.8, 4) is 0 Å². The molecule has 3 saturated carbocycles. The third-order valence-corrected chi connectivity index (χ3v) is 8.71. The van der Waals surface area contributed by atoms with Gasteiger partial charge in [-0.15, -0.1) is 0 Å². The summed E-state index contributed by atoms with van der Waals surface area (Å²) in [4.78, 5) is 35.9. The summed E-state index contributed by atoms with van der Waals surface area (Å²) in [6.07, 6.45) is 9.56. The summed E-state index contributed by atoms with van der Waals surface area (Å²) >= 11 is 0. The molecule has 0 aliphatic heterocycles. The van der Waals surface area contributed by atoms with Crippen LogP contribution in [0.1, 0.15) is 53.4 Å². The summed E-state index contributed by atoms with van der Waals surface area (Å²) in [7, 11) is 0. The minimum Gasteiger partial charge on any atom is -0.475 e. The fourth-order valence-electron chi connectivity index (χ4n) is 7.67. The van der Waals surface area contributed by atoms with Crippen LogP contribution in [0.4, 0.5) is 0 Å². The Bertz CT molecular complexity index is 777. The van der Waals surface area contributed by atoms with Gasteiger partial charge in [0.25, 0.3) is 0 Å². The lowest BCUT2D eigenvalue weighted by molar-refractivity contribution is -0.155. The van der Waals surface area contributed by atoms with Gasteiger partial charge in [-0.3, -0.25) is 9.59 Å². The number of allylic oxidation sites excluding steroid dienone is 4. The summed E-state index contributed by atoms with van der Waals surface area (Å²) < 4.78 is 0. The average molecular weight is 370 g/mol. The third kappa shape index (κ3) is 2.44. The molecule has 4 aliphatic carbocycles. The van der Waals surface area contributed by atoms with Crippen molar-refractivity contribution in [2.24, 2.45) is 46.3 Å². The Kier molecular flexibility index (Phi) is 4.07. The zero-order chi connectivity index (χ0) is 19.7. The van der Waals surface area contributed by atoms with Crippen molar-refractivity contribution in [2.45, 2.75) is 53.4 Å². The van der Waals surface area contributed by atoms with E-state index in [0.29, 0.717) is 23.7 Å². The van der Waals surface area contributed by atoms with E-state index in [9.17, 15) is 19.5 Å². The van der Waals surface area contributed by atoms with Crippen molar-refractivity contribution in [3.05, 3.63) is 23.8 Å². The molecule has 3 fully saturated rings. The molecule has 0 amide bonds.